The lowest BCUT2D eigenvalue weighted by Gasteiger charge is -2.13. The Labute approximate surface area is 183 Å². The second-order valence-corrected chi connectivity index (χ2v) is 7.83. The molecule has 3 aromatic heterocycles. The molecule has 3 heterocycles. The van der Waals surface area contributed by atoms with Gasteiger partial charge in [0.1, 0.15) is 18.7 Å². The Morgan fingerprint density at radius 2 is 1.77 bits per heavy atom. The van der Waals surface area contributed by atoms with Crippen LogP contribution in [-0.2, 0) is 4.79 Å². The Morgan fingerprint density at radius 3 is 2.39 bits per heavy atom. The van der Waals surface area contributed by atoms with Gasteiger partial charge in [-0.2, -0.15) is 5.10 Å². The van der Waals surface area contributed by atoms with Crippen molar-refractivity contribution in [2.24, 2.45) is 0 Å². The highest BCUT2D eigenvalue weighted by Gasteiger charge is 2.16. The third-order valence-electron chi connectivity index (χ3n) is 4.73. The Kier molecular flexibility index (Phi) is 5.85. The molecule has 0 saturated carbocycles. The second-order valence-electron chi connectivity index (χ2n) is 6.88. The van der Waals surface area contributed by atoms with Crippen LogP contribution in [0.25, 0.3) is 10.6 Å². The Balaban J connectivity index is 1.39. The molecule has 0 bridgehead atoms. The molecule has 1 unspecified atom stereocenters. The van der Waals surface area contributed by atoms with Crippen molar-refractivity contribution in [3.8, 4) is 10.6 Å². The van der Waals surface area contributed by atoms with Gasteiger partial charge in [-0.05, 0) is 61.7 Å². The number of anilines is 2. The number of nitrogens with one attached hydrogen (secondary N) is 2. The zero-order valence-electron chi connectivity index (χ0n) is 16.9. The third kappa shape index (κ3) is 4.67. The summed E-state index contributed by atoms with van der Waals surface area (Å²) in [7, 11) is 0. The summed E-state index contributed by atoms with van der Waals surface area (Å²) in [5.74, 6) is -0.450. The fraction of sp³-hybridized carbons (Fsp3) is 0.136. The normalized spacial score (nSPS) is 11.7. The molecular formula is C22H20N6O2S. The summed E-state index contributed by atoms with van der Waals surface area (Å²) >= 11 is 1.61. The van der Waals surface area contributed by atoms with Gasteiger partial charge >= 0.3 is 0 Å². The molecule has 0 aliphatic carbocycles. The molecule has 156 valence electrons. The van der Waals surface area contributed by atoms with E-state index in [1.54, 1.807) is 48.6 Å². The first-order chi connectivity index (χ1) is 15.0. The van der Waals surface area contributed by atoms with Crippen molar-refractivity contribution >= 4 is 34.5 Å². The molecule has 1 atom stereocenters. The van der Waals surface area contributed by atoms with Crippen molar-refractivity contribution in [3.63, 3.8) is 0 Å². The minimum Gasteiger partial charge on any atom is -0.324 e. The lowest BCUT2D eigenvalue weighted by atomic mass is 10.1. The van der Waals surface area contributed by atoms with Crippen LogP contribution in [0.3, 0.4) is 0 Å². The standard InChI is InChI=1S/C22H20N6O2S/c1-14-18(9-10-19(25-14)20-4-3-11-31-20)22(30)27-17-7-5-16(6-8-17)26-21(29)15(2)28-13-23-12-24-28/h3-13,15H,1-2H3,(H,26,29)(H,27,30). The number of nitrogens with zero attached hydrogens (tertiary/aromatic N) is 4. The number of benzene rings is 1. The van der Waals surface area contributed by atoms with Crippen molar-refractivity contribution in [2.75, 3.05) is 10.6 Å². The summed E-state index contributed by atoms with van der Waals surface area (Å²) in [4.78, 5) is 34.5. The number of hydrogen-bond acceptors (Lipinski definition) is 6. The topological polar surface area (TPSA) is 102 Å². The molecule has 4 aromatic rings. The molecule has 0 fully saturated rings. The van der Waals surface area contributed by atoms with E-state index in [4.69, 9.17) is 0 Å². The van der Waals surface area contributed by atoms with Crippen LogP contribution in [0.2, 0.25) is 0 Å². The molecule has 0 aliphatic heterocycles. The van der Waals surface area contributed by atoms with E-state index in [2.05, 4.69) is 25.7 Å². The Hall–Kier alpha value is -3.85. The van der Waals surface area contributed by atoms with E-state index >= 15 is 0 Å². The van der Waals surface area contributed by atoms with Crippen LogP contribution in [0.15, 0.2) is 66.6 Å². The fourth-order valence-electron chi connectivity index (χ4n) is 2.98. The SMILES string of the molecule is Cc1nc(-c2cccs2)ccc1C(=O)Nc1ccc(NC(=O)C(C)n2cncn2)cc1. The number of carbonyl (C=O) groups is 2. The molecule has 9 heteroatoms. The number of aromatic nitrogens is 4. The monoisotopic (exact) mass is 432 g/mol. The molecule has 0 saturated heterocycles. The smallest absolute Gasteiger partial charge is 0.257 e. The molecule has 0 aliphatic rings. The molecule has 0 spiro atoms. The highest BCUT2D eigenvalue weighted by Crippen LogP contribution is 2.24. The Bertz CT molecular complexity index is 1190. The number of carbonyl (C=O) groups excluding carboxylic acids is 2. The van der Waals surface area contributed by atoms with Gasteiger partial charge in [-0.1, -0.05) is 6.07 Å². The molecular weight excluding hydrogens is 412 g/mol. The highest BCUT2D eigenvalue weighted by atomic mass is 32.1. The Morgan fingerprint density at radius 1 is 1.03 bits per heavy atom. The van der Waals surface area contributed by atoms with Gasteiger partial charge in [0, 0.05) is 11.4 Å². The van der Waals surface area contributed by atoms with Crippen molar-refractivity contribution in [3.05, 3.63) is 77.8 Å². The van der Waals surface area contributed by atoms with Crippen LogP contribution in [0.4, 0.5) is 11.4 Å². The van der Waals surface area contributed by atoms with Gasteiger partial charge in [0.2, 0.25) is 5.91 Å². The molecule has 4 rings (SSSR count). The maximum atomic E-state index is 12.7. The van der Waals surface area contributed by atoms with Crippen molar-refractivity contribution in [2.45, 2.75) is 19.9 Å². The number of aryl methyl sites for hydroxylation is 1. The molecule has 2 amide bonds. The summed E-state index contributed by atoms with van der Waals surface area (Å²) in [5, 5.41) is 11.7. The van der Waals surface area contributed by atoms with Gasteiger partial charge in [0.15, 0.2) is 0 Å². The van der Waals surface area contributed by atoms with Gasteiger partial charge in [-0.3, -0.25) is 14.6 Å². The summed E-state index contributed by atoms with van der Waals surface area (Å²) < 4.78 is 1.48. The lowest BCUT2D eigenvalue weighted by molar-refractivity contribution is -0.119. The number of rotatable bonds is 6. The molecule has 31 heavy (non-hydrogen) atoms. The average molecular weight is 433 g/mol. The van der Waals surface area contributed by atoms with E-state index in [0.29, 0.717) is 22.6 Å². The predicted octanol–water partition coefficient (Wildman–Crippen LogP) is 4.16. The third-order valence-corrected chi connectivity index (χ3v) is 5.62. The summed E-state index contributed by atoms with van der Waals surface area (Å²) in [6.07, 6.45) is 2.88. The van der Waals surface area contributed by atoms with E-state index in [1.807, 2.05) is 30.5 Å². The van der Waals surface area contributed by atoms with Gasteiger partial charge in [0.05, 0.1) is 21.8 Å². The van der Waals surface area contributed by atoms with Crippen LogP contribution in [-0.4, -0.2) is 31.6 Å². The van der Waals surface area contributed by atoms with Crippen LogP contribution >= 0.6 is 11.3 Å². The van der Waals surface area contributed by atoms with Gasteiger partial charge in [-0.25, -0.2) is 9.67 Å². The van der Waals surface area contributed by atoms with Crippen LogP contribution in [0, 0.1) is 6.92 Å². The van der Waals surface area contributed by atoms with E-state index in [1.165, 1.54) is 17.3 Å². The first-order valence-electron chi connectivity index (χ1n) is 9.59. The summed E-state index contributed by atoms with van der Waals surface area (Å²) in [6, 6.07) is 14.0. The number of pyridine rings is 1. The molecule has 0 radical (unpaired) electrons. The molecule has 2 N–H and O–H groups in total. The fourth-order valence-corrected chi connectivity index (χ4v) is 3.68. The average Bonchev–Trinajstić information content (AvgIpc) is 3.49. The van der Waals surface area contributed by atoms with E-state index in [-0.39, 0.29) is 11.8 Å². The van der Waals surface area contributed by atoms with E-state index in [9.17, 15) is 9.59 Å². The zero-order chi connectivity index (χ0) is 21.8. The first-order valence-corrected chi connectivity index (χ1v) is 10.5. The number of hydrogen-bond donors (Lipinski definition) is 2. The number of thiophene rings is 1. The molecule has 8 nitrogen and oxygen atoms in total. The van der Waals surface area contributed by atoms with Crippen LogP contribution in [0.5, 0.6) is 0 Å². The van der Waals surface area contributed by atoms with Gasteiger partial charge in [0.25, 0.3) is 5.91 Å². The quantitative estimate of drug-likeness (QED) is 0.476. The van der Waals surface area contributed by atoms with Gasteiger partial charge < -0.3 is 10.6 Å². The van der Waals surface area contributed by atoms with Crippen molar-refractivity contribution in [1.29, 1.82) is 0 Å². The zero-order valence-corrected chi connectivity index (χ0v) is 17.8. The maximum Gasteiger partial charge on any atom is 0.257 e. The largest absolute Gasteiger partial charge is 0.324 e. The van der Waals surface area contributed by atoms with E-state index in [0.717, 1.165) is 10.6 Å². The second kappa shape index (κ2) is 8.88. The van der Waals surface area contributed by atoms with Crippen LogP contribution in [0.1, 0.15) is 29.0 Å². The van der Waals surface area contributed by atoms with Crippen molar-refractivity contribution in [1.82, 2.24) is 19.7 Å². The predicted molar refractivity (Wildman–Crippen MR) is 120 cm³/mol. The van der Waals surface area contributed by atoms with Crippen LogP contribution < -0.4 is 10.6 Å². The minimum absolute atomic E-state index is 0.213. The first kappa shape index (κ1) is 20.4. The van der Waals surface area contributed by atoms with Gasteiger partial charge in [-0.15, -0.1) is 11.3 Å². The summed E-state index contributed by atoms with van der Waals surface area (Å²) in [6.45, 7) is 3.56. The lowest BCUT2D eigenvalue weighted by Crippen LogP contribution is -2.24. The number of amides is 2. The maximum absolute atomic E-state index is 12.7. The molecule has 1 aromatic carbocycles. The van der Waals surface area contributed by atoms with E-state index < -0.39 is 6.04 Å². The van der Waals surface area contributed by atoms with Crippen molar-refractivity contribution < 1.29 is 9.59 Å². The highest BCUT2D eigenvalue weighted by molar-refractivity contribution is 7.13. The summed E-state index contributed by atoms with van der Waals surface area (Å²) in [5.41, 5.74) is 3.26. The minimum atomic E-state index is -0.491.